The molecule has 2 nitrogen and oxygen atoms in total. The van der Waals surface area contributed by atoms with Crippen molar-refractivity contribution in [3.63, 3.8) is 0 Å². The Labute approximate surface area is 115 Å². The summed E-state index contributed by atoms with van der Waals surface area (Å²) in [6.45, 7) is 4.55. The number of hydrogen-bond acceptors (Lipinski definition) is 3. The molecule has 100 valence electrons. The van der Waals surface area contributed by atoms with E-state index in [4.69, 9.17) is 5.84 Å². The lowest BCUT2D eigenvalue weighted by atomic mass is 9.92. The van der Waals surface area contributed by atoms with Crippen LogP contribution in [0, 0.1) is 5.92 Å². The van der Waals surface area contributed by atoms with Crippen molar-refractivity contribution in [2.75, 3.05) is 0 Å². The first-order chi connectivity index (χ1) is 8.78. The molecule has 0 aliphatic carbocycles. The highest BCUT2D eigenvalue weighted by atomic mass is 32.2. The van der Waals surface area contributed by atoms with Crippen LogP contribution in [-0.4, -0.2) is 11.3 Å². The zero-order valence-corrected chi connectivity index (χ0v) is 12.2. The summed E-state index contributed by atoms with van der Waals surface area (Å²) in [7, 11) is 0. The second-order valence-electron chi connectivity index (χ2n) is 5.16. The molecule has 2 atom stereocenters. The van der Waals surface area contributed by atoms with E-state index in [1.807, 2.05) is 11.8 Å². The van der Waals surface area contributed by atoms with Crippen molar-refractivity contribution in [1.82, 2.24) is 5.43 Å². The minimum absolute atomic E-state index is 0.423. The quantitative estimate of drug-likeness (QED) is 0.611. The van der Waals surface area contributed by atoms with E-state index < -0.39 is 0 Å². The van der Waals surface area contributed by atoms with Gasteiger partial charge in [-0.05, 0) is 30.4 Å². The monoisotopic (exact) mass is 264 g/mol. The van der Waals surface area contributed by atoms with E-state index in [0.717, 1.165) is 12.3 Å². The van der Waals surface area contributed by atoms with Crippen LogP contribution in [0.15, 0.2) is 29.2 Å². The zero-order valence-electron chi connectivity index (χ0n) is 11.4. The second kappa shape index (κ2) is 6.60. The van der Waals surface area contributed by atoms with Crippen LogP contribution in [0.3, 0.4) is 0 Å². The first kappa shape index (κ1) is 13.9. The van der Waals surface area contributed by atoms with Crippen molar-refractivity contribution in [2.24, 2.45) is 11.8 Å². The number of hydrazine groups is 1. The van der Waals surface area contributed by atoms with Crippen molar-refractivity contribution < 1.29 is 0 Å². The average molecular weight is 264 g/mol. The third kappa shape index (κ3) is 3.08. The molecule has 0 bridgehead atoms. The van der Waals surface area contributed by atoms with E-state index in [0.29, 0.717) is 11.3 Å². The molecule has 1 aromatic rings. The second-order valence-corrected chi connectivity index (χ2v) is 6.44. The lowest BCUT2D eigenvalue weighted by molar-refractivity contribution is 0.362. The fourth-order valence-electron chi connectivity index (χ4n) is 2.74. The van der Waals surface area contributed by atoms with E-state index >= 15 is 0 Å². The molecule has 0 spiro atoms. The summed E-state index contributed by atoms with van der Waals surface area (Å²) < 4.78 is 0. The van der Waals surface area contributed by atoms with Gasteiger partial charge in [0.05, 0.1) is 0 Å². The van der Waals surface area contributed by atoms with Gasteiger partial charge in [-0.3, -0.25) is 11.3 Å². The summed E-state index contributed by atoms with van der Waals surface area (Å²) >= 11 is 1.99. The molecule has 0 saturated heterocycles. The Balaban J connectivity index is 1.99. The van der Waals surface area contributed by atoms with Gasteiger partial charge in [-0.15, -0.1) is 11.8 Å². The van der Waals surface area contributed by atoms with Gasteiger partial charge in [0.1, 0.15) is 0 Å². The Bertz CT molecular complexity index is 352. The molecular weight excluding hydrogens is 240 g/mol. The maximum Gasteiger partial charge on any atom is 0.0338 e. The molecule has 0 amide bonds. The van der Waals surface area contributed by atoms with Gasteiger partial charge in [0.15, 0.2) is 0 Å². The van der Waals surface area contributed by atoms with Crippen LogP contribution in [0.2, 0.25) is 0 Å². The van der Waals surface area contributed by atoms with Crippen LogP contribution in [0.25, 0.3) is 0 Å². The highest BCUT2D eigenvalue weighted by Gasteiger charge is 2.29. The molecule has 1 aliphatic heterocycles. The number of nitrogens with two attached hydrogens (primary N) is 1. The molecule has 1 aromatic carbocycles. The minimum Gasteiger partial charge on any atom is -0.271 e. The zero-order chi connectivity index (χ0) is 13.0. The molecule has 18 heavy (non-hydrogen) atoms. The predicted octanol–water partition coefficient (Wildman–Crippen LogP) is 3.36. The van der Waals surface area contributed by atoms with E-state index in [2.05, 4.69) is 43.5 Å². The number of rotatable bonds is 6. The van der Waals surface area contributed by atoms with E-state index in [1.165, 1.54) is 29.7 Å². The minimum atomic E-state index is 0.423. The topological polar surface area (TPSA) is 38.0 Å². The SMILES string of the molecule is CCC(CC)CC(NN)C1Cc2ccccc2S1. The molecule has 0 saturated carbocycles. The highest BCUT2D eigenvalue weighted by Crippen LogP contribution is 2.39. The van der Waals surface area contributed by atoms with Gasteiger partial charge in [0.25, 0.3) is 0 Å². The molecule has 0 radical (unpaired) electrons. The largest absolute Gasteiger partial charge is 0.271 e. The van der Waals surface area contributed by atoms with Crippen LogP contribution >= 0.6 is 11.8 Å². The van der Waals surface area contributed by atoms with Gasteiger partial charge < -0.3 is 0 Å². The smallest absolute Gasteiger partial charge is 0.0338 e. The summed E-state index contributed by atoms with van der Waals surface area (Å²) in [6.07, 6.45) is 4.84. The van der Waals surface area contributed by atoms with Crippen molar-refractivity contribution in [3.05, 3.63) is 29.8 Å². The van der Waals surface area contributed by atoms with Gasteiger partial charge in [0, 0.05) is 16.2 Å². The Hall–Kier alpha value is -0.510. The number of thioether (sulfide) groups is 1. The standard InChI is InChI=1S/C15H24N2S/c1-3-11(4-2)9-13(17-16)15-10-12-7-5-6-8-14(12)18-15/h5-8,11,13,15,17H,3-4,9-10,16H2,1-2H3. The van der Waals surface area contributed by atoms with E-state index in [9.17, 15) is 0 Å². The fraction of sp³-hybridized carbons (Fsp3) is 0.600. The van der Waals surface area contributed by atoms with Crippen molar-refractivity contribution in [1.29, 1.82) is 0 Å². The Morgan fingerprint density at radius 3 is 2.67 bits per heavy atom. The maximum absolute atomic E-state index is 5.78. The molecule has 1 heterocycles. The van der Waals surface area contributed by atoms with Gasteiger partial charge in [-0.25, -0.2) is 0 Å². The van der Waals surface area contributed by atoms with Crippen molar-refractivity contribution in [3.8, 4) is 0 Å². The third-order valence-electron chi connectivity index (χ3n) is 4.08. The first-order valence-electron chi connectivity index (χ1n) is 6.99. The number of nitrogens with one attached hydrogen (secondary N) is 1. The van der Waals surface area contributed by atoms with E-state index in [1.54, 1.807) is 0 Å². The molecule has 2 unspecified atom stereocenters. The van der Waals surface area contributed by atoms with Gasteiger partial charge in [0.2, 0.25) is 0 Å². The molecule has 2 rings (SSSR count). The van der Waals surface area contributed by atoms with Crippen molar-refractivity contribution in [2.45, 2.75) is 55.7 Å². The van der Waals surface area contributed by atoms with Crippen molar-refractivity contribution >= 4 is 11.8 Å². The first-order valence-corrected chi connectivity index (χ1v) is 7.87. The predicted molar refractivity (Wildman–Crippen MR) is 79.6 cm³/mol. The van der Waals surface area contributed by atoms with Crippen LogP contribution in [0.4, 0.5) is 0 Å². The molecule has 1 aliphatic rings. The Morgan fingerprint density at radius 2 is 2.06 bits per heavy atom. The molecule has 3 N–H and O–H groups in total. The number of fused-ring (bicyclic) bond motifs is 1. The van der Waals surface area contributed by atoms with E-state index in [-0.39, 0.29) is 0 Å². The summed E-state index contributed by atoms with van der Waals surface area (Å²) in [4.78, 5) is 1.44. The summed E-state index contributed by atoms with van der Waals surface area (Å²) in [5.41, 5.74) is 4.54. The lowest BCUT2D eigenvalue weighted by Crippen LogP contribution is -2.43. The lowest BCUT2D eigenvalue weighted by Gasteiger charge is -2.25. The summed E-state index contributed by atoms with van der Waals surface area (Å²) in [5.74, 6) is 6.57. The van der Waals surface area contributed by atoms with Crippen LogP contribution in [-0.2, 0) is 6.42 Å². The van der Waals surface area contributed by atoms with Crippen LogP contribution in [0.1, 0.15) is 38.7 Å². The Morgan fingerprint density at radius 1 is 1.33 bits per heavy atom. The van der Waals surface area contributed by atoms with Crippen LogP contribution in [0.5, 0.6) is 0 Å². The molecule has 3 heteroatoms. The van der Waals surface area contributed by atoms with Gasteiger partial charge in [-0.2, -0.15) is 0 Å². The summed E-state index contributed by atoms with van der Waals surface area (Å²) in [6, 6.07) is 9.15. The fourth-order valence-corrected chi connectivity index (χ4v) is 4.14. The Kier molecular flexibility index (Phi) is 5.10. The van der Waals surface area contributed by atoms with Gasteiger partial charge in [-0.1, -0.05) is 44.9 Å². The third-order valence-corrected chi connectivity index (χ3v) is 5.53. The molecule has 0 fully saturated rings. The highest BCUT2D eigenvalue weighted by molar-refractivity contribution is 8.00. The normalized spacial score (nSPS) is 20.1. The average Bonchev–Trinajstić information content (AvgIpc) is 2.84. The molecular formula is C15H24N2S. The van der Waals surface area contributed by atoms with Gasteiger partial charge >= 0.3 is 0 Å². The maximum atomic E-state index is 5.78. The molecule has 0 aromatic heterocycles. The summed E-state index contributed by atoms with van der Waals surface area (Å²) in [5, 5.41) is 0.591. The van der Waals surface area contributed by atoms with Crippen LogP contribution < -0.4 is 11.3 Å². The number of benzene rings is 1. The number of hydrogen-bond donors (Lipinski definition) is 2.